The van der Waals surface area contributed by atoms with Gasteiger partial charge in [-0.15, -0.1) is 12.4 Å². The predicted molar refractivity (Wildman–Crippen MR) is 97.9 cm³/mol. The van der Waals surface area contributed by atoms with Gasteiger partial charge in [-0.1, -0.05) is 31.3 Å². The van der Waals surface area contributed by atoms with E-state index in [1.165, 1.54) is 11.3 Å². The van der Waals surface area contributed by atoms with Gasteiger partial charge in [0.25, 0.3) is 0 Å². The normalized spacial score (nSPS) is 11.7. The molecule has 0 spiro atoms. The minimum Gasteiger partial charge on any atom is -0.494 e. The van der Waals surface area contributed by atoms with Crippen LogP contribution in [0.4, 0.5) is 5.13 Å². The van der Waals surface area contributed by atoms with Crippen LogP contribution in [0.3, 0.4) is 0 Å². The Kier molecular flexibility index (Phi) is 7.40. The molecule has 1 aromatic carbocycles. The van der Waals surface area contributed by atoms with Gasteiger partial charge in [-0.3, -0.25) is 9.59 Å². The molecule has 0 aliphatic heterocycles. The summed E-state index contributed by atoms with van der Waals surface area (Å²) in [6.07, 6.45) is 0. The first-order chi connectivity index (χ1) is 10.9. The molecule has 1 aromatic heterocycles. The monoisotopic (exact) mass is 372 g/mol. The number of fused-ring (bicyclic) bond motifs is 1. The Morgan fingerprint density at radius 3 is 2.71 bits per heavy atom. The summed E-state index contributed by atoms with van der Waals surface area (Å²) in [5.74, 6) is -0.0429. The first-order valence-electron chi connectivity index (χ1n) is 7.19. The number of ether oxygens (including phenoxy) is 1. The van der Waals surface area contributed by atoms with E-state index >= 15 is 0 Å². The van der Waals surface area contributed by atoms with Crippen molar-refractivity contribution in [2.24, 2.45) is 11.7 Å². The Hall–Kier alpha value is -1.90. The average molecular weight is 373 g/mol. The molecule has 1 atom stereocenters. The molecule has 4 N–H and O–H groups in total. The highest BCUT2D eigenvalue weighted by molar-refractivity contribution is 7.22. The largest absolute Gasteiger partial charge is 0.494 e. The fraction of sp³-hybridized carbons (Fsp3) is 0.400. The Labute approximate surface area is 150 Å². The highest BCUT2D eigenvalue weighted by Gasteiger charge is 2.18. The topological polar surface area (TPSA) is 106 Å². The molecule has 24 heavy (non-hydrogen) atoms. The van der Waals surface area contributed by atoms with Crippen LogP contribution in [0.15, 0.2) is 18.2 Å². The van der Waals surface area contributed by atoms with Crippen LogP contribution in [-0.2, 0) is 9.59 Å². The molecule has 0 aliphatic rings. The summed E-state index contributed by atoms with van der Waals surface area (Å²) in [5, 5.41) is 5.64. The standard InChI is InChI=1S/C15H20N4O3S.ClH/c1-8(2)12(16)14(21)17-7-11(20)18-15-19-13-9(22-3)5-4-6-10(13)23-15;/h4-6,8,12H,7,16H2,1-3H3,(H,17,21)(H,18,19,20);1H/t12-;/m0./s1. The molecule has 2 aromatic rings. The van der Waals surface area contributed by atoms with Crippen LogP contribution in [0, 0.1) is 5.92 Å². The number of methoxy groups -OCH3 is 1. The molecule has 9 heteroatoms. The second-order valence-corrected chi connectivity index (χ2v) is 6.39. The van der Waals surface area contributed by atoms with Gasteiger partial charge < -0.3 is 21.1 Å². The van der Waals surface area contributed by atoms with E-state index in [-0.39, 0.29) is 36.7 Å². The molecule has 2 amide bonds. The van der Waals surface area contributed by atoms with Gasteiger partial charge in [0.05, 0.1) is 24.4 Å². The summed E-state index contributed by atoms with van der Waals surface area (Å²) in [4.78, 5) is 28.0. The van der Waals surface area contributed by atoms with Crippen LogP contribution >= 0.6 is 23.7 Å². The third-order valence-corrected chi connectivity index (χ3v) is 4.23. The fourth-order valence-corrected chi connectivity index (χ4v) is 2.79. The first-order valence-corrected chi connectivity index (χ1v) is 8.00. The van der Waals surface area contributed by atoms with Gasteiger partial charge in [-0.2, -0.15) is 0 Å². The lowest BCUT2D eigenvalue weighted by molar-refractivity contribution is -0.125. The Morgan fingerprint density at radius 1 is 1.38 bits per heavy atom. The van der Waals surface area contributed by atoms with Crippen molar-refractivity contribution in [3.05, 3.63) is 18.2 Å². The molecule has 0 fully saturated rings. The lowest BCUT2D eigenvalue weighted by Gasteiger charge is -2.14. The molecule has 0 saturated heterocycles. The predicted octanol–water partition coefficient (Wildman–Crippen LogP) is 1.76. The minimum atomic E-state index is -0.630. The van der Waals surface area contributed by atoms with Crippen LogP contribution in [0.25, 0.3) is 10.2 Å². The quantitative estimate of drug-likeness (QED) is 0.716. The van der Waals surface area contributed by atoms with Crippen molar-refractivity contribution in [1.82, 2.24) is 10.3 Å². The second kappa shape index (κ2) is 8.81. The number of rotatable bonds is 6. The van der Waals surface area contributed by atoms with E-state index in [9.17, 15) is 9.59 Å². The number of amides is 2. The highest BCUT2D eigenvalue weighted by atomic mass is 35.5. The number of nitrogens with two attached hydrogens (primary N) is 1. The molecule has 7 nitrogen and oxygen atoms in total. The third kappa shape index (κ3) is 4.80. The molecule has 0 aliphatic carbocycles. The van der Waals surface area contributed by atoms with E-state index in [4.69, 9.17) is 10.5 Å². The molecular weight excluding hydrogens is 352 g/mol. The minimum absolute atomic E-state index is 0. The summed E-state index contributed by atoms with van der Waals surface area (Å²) >= 11 is 1.34. The molecule has 1 heterocycles. The second-order valence-electron chi connectivity index (χ2n) is 5.36. The maximum atomic E-state index is 11.9. The van der Waals surface area contributed by atoms with Gasteiger partial charge in [0, 0.05) is 0 Å². The number of para-hydroxylation sites is 1. The molecular formula is C15H21ClN4O3S. The van der Waals surface area contributed by atoms with E-state index in [0.29, 0.717) is 16.4 Å². The van der Waals surface area contributed by atoms with E-state index in [1.807, 2.05) is 26.0 Å². The highest BCUT2D eigenvalue weighted by Crippen LogP contribution is 2.31. The van der Waals surface area contributed by atoms with Crippen LogP contribution in [0.1, 0.15) is 13.8 Å². The average Bonchev–Trinajstić information content (AvgIpc) is 2.93. The molecule has 2 rings (SSSR count). The zero-order chi connectivity index (χ0) is 17.0. The lowest BCUT2D eigenvalue weighted by atomic mass is 10.1. The van der Waals surface area contributed by atoms with Crippen molar-refractivity contribution in [2.75, 3.05) is 19.0 Å². The van der Waals surface area contributed by atoms with Gasteiger partial charge in [0.2, 0.25) is 11.8 Å². The number of nitrogens with zero attached hydrogens (tertiary/aromatic N) is 1. The summed E-state index contributed by atoms with van der Waals surface area (Å²) in [6, 6.07) is 4.93. The van der Waals surface area contributed by atoms with Crippen LogP contribution in [0.2, 0.25) is 0 Å². The van der Waals surface area contributed by atoms with Gasteiger partial charge in [-0.25, -0.2) is 4.98 Å². The van der Waals surface area contributed by atoms with Crippen molar-refractivity contribution < 1.29 is 14.3 Å². The number of halogens is 1. The Bertz CT molecular complexity index is 720. The number of benzene rings is 1. The number of carbonyl (C=O) groups excluding carboxylic acids is 2. The van der Waals surface area contributed by atoms with Crippen LogP contribution < -0.4 is 21.1 Å². The van der Waals surface area contributed by atoms with Gasteiger partial charge in [-0.05, 0) is 18.1 Å². The Morgan fingerprint density at radius 2 is 2.08 bits per heavy atom. The number of hydrogen-bond donors (Lipinski definition) is 3. The van der Waals surface area contributed by atoms with Crippen molar-refractivity contribution >= 4 is 50.9 Å². The molecule has 132 valence electrons. The van der Waals surface area contributed by atoms with Crippen molar-refractivity contribution in [3.63, 3.8) is 0 Å². The number of carbonyl (C=O) groups is 2. The maximum absolute atomic E-state index is 11.9. The number of aromatic nitrogens is 1. The van der Waals surface area contributed by atoms with Gasteiger partial charge in [0.1, 0.15) is 11.3 Å². The van der Waals surface area contributed by atoms with Gasteiger partial charge >= 0.3 is 0 Å². The van der Waals surface area contributed by atoms with Crippen molar-refractivity contribution in [3.8, 4) is 5.75 Å². The molecule has 0 unspecified atom stereocenters. The lowest BCUT2D eigenvalue weighted by Crippen LogP contribution is -2.46. The SMILES string of the molecule is COc1cccc2sc(NC(=O)CNC(=O)[C@@H](N)C(C)C)nc12.Cl. The van der Waals surface area contributed by atoms with Gasteiger partial charge in [0.15, 0.2) is 5.13 Å². The fourth-order valence-electron chi connectivity index (χ4n) is 1.89. The molecule has 0 saturated carbocycles. The Balaban J connectivity index is 0.00000288. The van der Waals surface area contributed by atoms with Crippen molar-refractivity contribution in [1.29, 1.82) is 0 Å². The number of anilines is 1. The third-order valence-electron chi connectivity index (χ3n) is 3.29. The van der Waals surface area contributed by atoms with Crippen LogP contribution in [-0.4, -0.2) is 36.5 Å². The molecule has 0 bridgehead atoms. The zero-order valence-electron chi connectivity index (χ0n) is 13.7. The zero-order valence-corrected chi connectivity index (χ0v) is 15.3. The number of nitrogens with one attached hydrogen (secondary N) is 2. The maximum Gasteiger partial charge on any atom is 0.245 e. The summed E-state index contributed by atoms with van der Waals surface area (Å²) in [5.41, 5.74) is 6.41. The first kappa shape index (κ1) is 20.1. The number of hydrogen-bond acceptors (Lipinski definition) is 6. The summed E-state index contributed by atoms with van der Waals surface area (Å²) in [7, 11) is 1.57. The van der Waals surface area contributed by atoms with E-state index < -0.39 is 6.04 Å². The smallest absolute Gasteiger partial charge is 0.245 e. The van der Waals surface area contributed by atoms with Crippen molar-refractivity contribution in [2.45, 2.75) is 19.9 Å². The van der Waals surface area contributed by atoms with E-state index in [1.54, 1.807) is 13.2 Å². The van der Waals surface area contributed by atoms with E-state index in [0.717, 1.165) is 4.70 Å². The van der Waals surface area contributed by atoms with Crippen LogP contribution in [0.5, 0.6) is 5.75 Å². The summed E-state index contributed by atoms with van der Waals surface area (Å²) in [6.45, 7) is 3.55. The number of thiazole rings is 1. The van der Waals surface area contributed by atoms with E-state index in [2.05, 4.69) is 15.6 Å². The molecule has 0 radical (unpaired) electrons. The summed E-state index contributed by atoms with van der Waals surface area (Å²) < 4.78 is 6.14.